The van der Waals surface area contributed by atoms with Crippen LogP contribution in [0.4, 0.5) is 0 Å². The summed E-state index contributed by atoms with van der Waals surface area (Å²) in [5, 5.41) is 3.49. The summed E-state index contributed by atoms with van der Waals surface area (Å²) in [6.07, 6.45) is 1.28. The van der Waals surface area contributed by atoms with Crippen LogP contribution in [-0.4, -0.2) is 12.3 Å². The van der Waals surface area contributed by atoms with E-state index >= 15 is 0 Å². The summed E-state index contributed by atoms with van der Waals surface area (Å²) < 4.78 is 14.0. The third kappa shape index (κ3) is 2.50. The predicted molar refractivity (Wildman–Crippen MR) is 55.4 cm³/mol. The molecule has 0 spiro atoms. The van der Waals surface area contributed by atoms with E-state index in [9.17, 15) is 4.79 Å². The number of rotatable bonds is 4. The highest BCUT2D eigenvalue weighted by atomic mass is 16.6. The molecule has 1 aromatic carbocycles. The normalized spacial score (nSPS) is 10.3. The van der Waals surface area contributed by atoms with Crippen LogP contribution in [0.15, 0.2) is 38.0 Å². The first kappa shape index (κ1) is 10.5. The highest BCUT2D eigenvalue weighted by Gasteiger charge is 2.03. The van der Waals surface area contributed by atoms with Crippen molar-refractivity contribution in [2.75, 3.05) is 7.11 Å². The Morgan fingerprint density at radius 3 is 2.56 bits per heavy atom. The molecule has 0 N–H and O–H groups in total. The van der Waals surface area contributed by atoms with Crippen LogP contribution in [0.5, 0.6) is 5.75 Å². The zero-order chi connectivity index (χ0) is 11.4. The molecule has 0 aliphatic heterocycles. The van der Waals surface area contributed by atoms with Gasteiger partial charge in [0, 0.05) is 6.42 Å². The van der Waals surface area contributed by atoms with Crippen LogP contribution in [0.3, 0.4) is 0 Å². The van der Waals surface area contributed by atoms with Gasteiger partial charge in [0.05, 0.1) is 7.11 Å². The van der Waals surface area contributed by atoms with Gasteiger partial charge in [-0.25, -0.2) is 4.79 Å². The van der Waals surface area contributed by atoms with Gasteiger partial charge >= 0.3 is 5.82 Å². The van der Waals surface area contributed by atoms with Crippen molar-refractivity contribution in [3.8, 4) is 5.75 Å². The van der Waals surface area contributed by atoms with Crippen LogP contribution in [-0.2, 0) is 12.8 Å². The molecule has 0 radical (unpaired) electrons. The molecule has 0 amide bonds. The summed E-state index contributed by atoms with van der Waals surface area (Å²) in [5.41, 5.74) is 1.12. The number of ether oxygens (including phenoxy) is 1. The molecule has 0 aliphatic rings. The zero-order valence-corrected chi connectivity index (χ0v) is 8.80. The summed E-state index contributed by atoms with van der Waals surface area (Å²) in [4.78, 5) is 10.6. The highest BCUT2D eigenvalue weighted by molar-refractivity contribution is 5.27. The SMILES string of the molecule is COc1ccc(CCc2noc(=O)o2)cc1. The van der Waals surface area contributed by atoms with Gasteiger partial charge in [0.25, 0.3) is 0 Å². The lowest BCUT2D eigenvalue weighted by Gasteiger charge is -2.01. The van der Waals surface area contributed by atoms with E-state index in [4.69, 9.17) is 9.15 Å². The Labute approximate surface area is 91.6 Å². The third-order valence-electron chi connectivity index (χ3n) is 2.21. The molecule has 0 aliphatic carbocycles. The van der Waals surface area contributed by atoms with Crippen LogP contribution < -0.4 is 10.6 Å². The Balaban J connectivity index is 1.96. The molecule has 5 nitrogen and oxygen atoms in total. The maximum Gasteiger partial charge on any atom is 0.542 e. The number of hydrogen-bond acceptors (Lipinski definition) is 5. The molecule has 0 saturated heterocycles. The quantitative estimate of drug-likeness (QED) is 0.781. The summed E-state index contributed by atoms with van der Waals surface area (Å²) in [6.45, 7) is 0. The minimum Gasteiger partial charge on any atom is -0.497 e. The average Bonchev–Trinajstić information content (AvgIpc) is 2.73. The lowest BCUT2D eigenvalue weighted by Crippen LogP contribution is -1.92. The van der Waals surface area contributed by atoms with Crippen molar-refractivity contribution in [3.63, 3.8) is 0 Å². The van der Waals surface area contributed by atoms with Crippen LogP contribution in [0.25, 0.3) is 0 Å². The van der Waals surface area contributed by atoms with Crippen LogP contribution >= 0.6 is 0 Å². The molecular weight excluding hydrogens is 210 g/mol. The van der Waals surface area contributed by atoms with Crippen LogP contribution in [0.1, 0.15) is 11.5 Å². The molecule has 0 unspecified atom stereocenters. The van der Waals surface area contributed by atoms with E-state index in [1.54, 1.807) is 7.11 Å². The fourth-order valence-electron chi connectivity index (χ4n) is 1.36. The summed E-state index contributed by atoms with van der Waals surface area (Å²) in [7, 11) is 1.62. The van der Waals surface area contributed by atoms with Crippen molar-refractivity contribution in [3.05, 3.63) is 46.3 Å². The van der Waals surface area contributed by atoms with Gasteiger partial charge in [-0.1, -0.05) is 12.1 Å². The van der Waals surface area contributed by atoms with Gasteiger partial charge in [0.1, 0.15) is 5.75 Å². The first-order valence-corrected chi connectivity index (χ1v) is 4.86. The Kier molecular flexibility index (Phi) is 3.05. The molecule has 2 rings (SSSR count). The maximum absolute atomic E-state index is 10.6. The van der Waals surface area contributed by atoms with Gasteiger partial charge in [0.2, 0.25) is 5.89 Å². The maximum atomic E-state index is 10.6. The first-order valence-electron chi connectivity index (χ1n) is 4.86. The molecule has 0 atom stereocenters. The number of aryl methyl sites for hydroxylation is 2. The number of aromatic nitrogens is 1. The van der Waals surface area contributed by atoms with Crippen LogP contribution in [0, 0.1) is 0 Å². The number of methoxy groups -OCH3 is 1. The zero-order valence-electron chi connectivity index (χ0n) is 8.80. The van der Waals surface area contributed by atoms with Crippen LogP contribution in [0.2, 0.25) is 0 Å². The number of nitrogens with zero attached hydrogens (tertiary/aromatic N) is 1. The second-order valence-electron chi connectivity index (χ2n) is 3.28. The molecule has 5 heteroatoms. The smallest absolute Gasteiger partial charge is 0.497 e. The van der Waals surface area contributed by atoms with Gasteiger partial charge in [0.15, 0.2) is 0 Å². The van der Waals surface area contributed by atoms with Crippen molar-refractivity contribution in [1.29, 1.82) is 0 Å². The Morgan fingerprint density at radius 1 is 1.25 bits per heavy atom. The average molecular weight is 221 g/mol. The fraction of sp³-hybridized carbons (Fsp3) is 0.273. The lowest BCUT2D eigenvalue weighted by molar-refractivity contribution is 0.334. The Bertz CT molecular complexity index is 497. The molecule has 0 saturated carbocycles. The second kappa shape index (κ2) is 4.65. The van der Waals surface area contributed by atoms with E-state index < -0.39 is 5.82 Å². The number of benzene rings is 1. The van der Waals surface area contributed by atoms with Gasteiger partial charge < -0.3 is 9.15 Å². The minimum absolute atomic E-state index is 0.320. The van der Waals surface area contributed by atoms with Gasteiger partial charge in [-0.05, 0) is 29.3 Å². The van der Waals surface area contributed by atoms with E-state index in [2.05, 4.69) is 9.68 Å². The molecule has 0 bridgehead atoms. The topological polar surface area (TPSA) is 65.5 Å². The summed E-state index contributed by atoms with van der Waals surface area (Å²) >= 11 is 0. The van der Waals surface area contributed by atoms with E-state index in [0.29, 0.717) is 12.3 Å². The lowest BCUT2D eigenvalue weighted by atomic mass is 10.1. The monoisotopic (exact) mass is 221 g/mol. The molecule has 1 heterocycles. The molecule has 1 aromatic heterocycles. The third-order valence-corrected chi connectivity index (χ3v) is 2.21. The molecular formula is C11H11NO4. The van der Waals surface area contributed by atoms with E-state index in [0.717, 1.165) is 17.7 Å². The predicted octanol–water partition coefficient (Wildman–Crippen LogP) is 1.42. The van der Waals surface area contributed by atoms with Gasteiger partial charge in [-0.15, -0.1) is 0 Å². The Morgan fingerprint density at radius 2 is 2.00 bits per heavy atom. The largest absolute Gasteiger partial charge is 0.542 e. The highest BCUT2D eigenvalue weighted by Crippen LogP contribution is 2.12. The van der Waals surface area contributed by atoms with Crippen molar-refractivity contribution in [2.45, 2.75) is 12.8 Å². The van der Waals surface area contributed by atoms with Gasteiger partial charge in [-0.2, -0.15) is 0 Å². The molecule has 2 aromatic rings. The second-order valence-corrected chi connectivity index (χ2v) is 3.28. The number of hydrogen-bond donors (Lipinski definition) is 0. The van der Waals surface area contributed by atoms with Crippen molar-refractivity contribution >= 4 is 0 Å². The van der Waals surface area contributed by atoms with E-state index in [-0.39, 0.29) is 0 Å². The van der Waals surface area contributed by atoms with Crippen molar-refractivity contribution < 1.29 is 13.7 Å². The standard InChI is InChI=1S/C11H11NO4/c1-14-9-5-2-8(3-6-9)4-7-10-12-16-11(13)15-10/h2-3,5-6H,4,7H2,1H3. The van der Waals surface area contributed by atoms with E-state index in [1.807, 2.05) is 24.3 Å². The summed E-state index contributed by atoms with van der Waals surface area (Å²) in [6, 6.07) is 7.68. The van der Waals surface area contributed by atoms with Crippen molar-refractivity contribution in [2.24, 2.45) is 0 Å². The molecule has 16 heavy (non-hydrogen) atoms. The molecule has 84 valence electrons. The fourth-order valence-corrected chi connectivity index (χ4v) is 1.36. The molecule has 0 fully saturated rings. The van der Waals surface area contributed by atoms with E-state index in [1.165, 1.54) is 0 Å². The first-order chi connectivity index (χ1) is 7.78. The Hall–Kier alpha value is -2.04. The van der Waals surface area contributed by atoms with Crippen molar-refractivity contribution in [1.82, 2.24) is 5.16 Å². The van der Waals surface area contributed by atoms with Gasteiger partial charge in [-0.3, -0.25) is 4.52 Å². The summed E-state index contributed by atoms with van der Waals surface area (Å²) in [5.74, 6) is 0.377. The minimum atomic E-state index is -0.760.